The van der Waals surface area contributed by atoms with Crippen LogP contribution in [0.25, 0.3) is 0 Å². The summed E-state index contributed by atoms with van der Waals surface area (Å²) in [5.41, 5.74) is 6.18. The first kappa shape index (κ1) is 14.1. The first-order valence-electron chi connectivity index (χ1n) is 5.71. The molecule has 0 spiro atoms. The maximum atomic E-state index is 13.6. The Bertz CT molecular complexity index is 662. The van der Waals surface area contributed by atoms with Crippen molar-refractivity contribution in [2.45, 2.75) is 0 Å². The summed E-state index contributed by atoms with van der Waals surface area (Å²) in [4.78, 5) is 12.1. The lowest BCUT2D eigenvalue weighted by Crippen LogP contribution is -2.14. The monoisotopic (exact) mass is 294 g/mol. The molecule has 0 fully saturated rings. The number of methoxy groups -OCH3 is 1. The van der Waals surface area contributed by atoms with Crippen molar-refractivity contribution in [3.05, 3.63) is 52.8 Å². The Morgan fingerprint density at radius 3 is 2.75 bits per heavy atom. The molecule has 0 aliphatic carbocycles. The average molecular weight is 295 g/mol. The van der Waals surface area contributed by atoms with Crippen molar-refractivity contribution >= 4 is 28.9 Å². The van der Waals surface area contributed by atoms with Gasteiger partial charge < -0.3 is 15.8 Å². The van der Waals surface area contributed by atoms with E-state index < -0.39 is 11.7 Å². The van der Waals surface area contributed by atoms with Gasteiger partial charge in [-0.25, -0.2) is 4.39 Å². The van der Waals surface area contributed by atoms with Crippen LogP contribution in [0.1, 0.15) is 10.4 Å². The molecular formula is C14H12ClFN2O2. The molecule has 2 aromatic rings. The lowest BCUT2D eigenvalue weighted by atomic mass is 10.2. The van der Waals surface area contributed by atoms with Gasteiger partial charge in [-0.15, -0.1) is 0 Å². The molecule has 2 rings (SSSR count). The van der Waals surface area contributed by atoms with E-state index >= 15 is 0 Å². The van der Waals surface area contributed by atoms with E-state index in [0.29, 0.717) is 11.4 Å². The maximum Gasteiger partial charge on any atom is 0.257 e. The lowest BCUT2D eigenvalue weighted by Gasteiger charge is -2.09. The third kappa shape index (κ3) is 3.00. The van der Waals surface area contributed by atoms with Crippen LogP contribution in [0.3, 0.4) is 0 Å². The molecule has 3 N–H and O–H groups in total. The summed E-state index contributed by atoms with van der Waals surface area (Å²) >= 11 is 5.92. The third-order valence-electron chi connectivity index (χ3n) is 2.66. The van der Waals surface area contributed by atoms with Gasteiger partial charge in [0, 0.05) is 11.8 Å². The van der Waals surface area contributed by atoms with Crippen molar-refractivity contribution in [2.24, 2.45) is 0 Å². The van der Waals surface area contributed by atoms with Crippen molar-refractivity contribution in [1.82, 2.24) is 0 Å². The Hall–Kier alpha value is -2.27. The van der Waals surface area contributed by atoms with E-state index in [1.807, 2.05) is 0 Å². The molecule has 0 saturated heterocycles. The number of ether oxygens (including phenoxy) is 1. The molecule has 20 heavy (non-hydrogen) atoms. The van der Waals surface area contributed by atoms with Crippen molar-refractivity contribution in [1.29, 1.82) is 0 Å². The van der Waals surface area contributed by atoms with Gasteiger partial charge in [0.2, 0.25) is 0 Å². The highest BCUT2D eigenvalue weighted by Crippen LogP contribution is 2.24. The van der Waals surface area contributed by atoms with E-state index in [2.05, 4.69) is 5.32 Å². The number of nitrogens with two attached hydrogens (primary N) is 1. The molecule has 0 unspecified atom stereocenters. The number of amides is 1. The molecule has 2 aromatic carbocycles. The molecule has 0 aliphatic heterocycles. The number of anilines is 2. The van der Waals surface area contributed by atoms with Gasteiger partial charge in [0.1, 0.15) is 11.6 Å². The molecule has 0 bridgehead atoms. The van der Waals surface area contributed by atoms with Gasteiger partial charge in [-0.2, -0.15) is 0 Å². The summed E-state index contributed by atoms with van der Waals surface area (Å²) in [6.07, 6.45) is 0. The zero-order chi connectivity index (χ0) is 14.7. The summed E-state index contributed by atoms with van der Waals surface area (Å²) in [6, 6.07) is 8.55. The predicted octanol–water partition coefficient (Wildman–Crippen LogP) is 3.32. The Morgan fingerprint density at radius 1 is 1.30 bits per heavy atom. The summed E-state index contributed by atoms with van der Waals surface area (Å²) in [6.45, 7) is 0. The number of carbonyl (C=O) groups is 1. The molecule has 0 aromatic heterocycles. The summed E-state index contributed by atoms with van der Waals surface area (Å²) < 4.78 is 18.6. The second-order valence-corrected chi connectivity index (χ2v) is 4.45. The van der Waals surface area contributed by atoms with Crippen LogP contribution in [0.4, 0.5) is 15.8 Å². The average Bonchev–Trinajstić information content (AvgIpc) is 2.43. The number of halogens is 2. The fraction of sp³-hybridized carbons (Fsp3) is 0.0714. The molecule has 4 nitrogen and oxygen atoms in total. The second-order valence-electron chi connectivity index (χ2n) is 4.04. The number of benzene rings is 2. The molecule has 0 aliphatic rings. The molecule has 0 atom stereocenters. The maximum absolute atomic E-state index is 13.6. The van der Waals surface area contributed by atoms with Crippen LogP contribution >= 0.6 is 11.6 Å². The van der Waals surface area contributed by atoms with Gasteiger partial charge >= 0.3 is 0 Å². The highest BCUT2D eigenvalue weighted by Gasteiger charge is 2.13. The van der Waals surface area contributed by atoms with Gasteiger partial charge in [-0.1, -0.05) is 11.6 Å². The van der Waals surface area contributed by atoms with Crippen LogP contribution in [-0.4, -0.2) is 13.0 Å². The number of nitrogens with one attached hydrogen (secondary N) is 1. The van der Waals surface area contributed by atoms with Crippen molar-refractivity contribution in [2.75, 3.05) is 18.2 Å². The minimum atomic E-state index is -0.570. The van der Waals surface area contributed by atoms with Crippen molar-refractivity contribution in [3.8, 4) is 5.75 Å². The third-order valence-corrected chi connectivity index (χ3v) is 2.99. The largest absolute Gasteiger partial charge is 0.497 e. The number of carbonyl (C=O) groups excluding carboxylic acids is 1. The minimum absolute atomic E-state index is 0.00726. The van der Waals surface area contributed by atoms with E-state index in [1.165, 1.54) is 37.4 Å². The first-order valence-corrected chi connectivity index (χ1v) is 6.09. The molecule has 0 heterocycles. The van der Waals surface area contributed by atoms with Gasteiger partial charge in [-0.05, 0) is 30.3 Å². The van der Waals surface area contributed by atoms with Crippen LogP contribution in [-0.2, 0) is 0 Å². The van der Waals surface area contributed by atoms with Crippen molar-refractivity contribution < 1.29 is 13.9 Å². The number of hydrogen-bond donors (Lipinski definition) is 2. The molecule has 104 valence electrons. The zero-order valence-electron chi connectivity index (χ0n) is 10.6. The summed E-state index contributed by atoms with van der Waals surface area (Å²) in [5.74, 6) is -0.686. The Balaban J connectivity index is 2.30. The van der Waals surface area contributed by atoms with E-state index in [4.69, 9.17) is 22.1 Å². The predicted molar refractivity (Wildman–Crippen MR) is 76.8 cm³/mol. The standard InChI is InChI=1S/C14H12ClFN2O2/c1-20-9-3-5-12(16)13(7-9)18-14(19)10-6-8(17)2-4-11(10)15/h2-7H,17H2,1H3,(H,18,19). The van der Waals surface area contributed by atoms with Crippen LogP contribution in [0.2, 0.25) is 5.02 Å². The SMILES string of the molecule is COc1ccc(F)c(NC(=O)c2cc(N)ccc2Cl)c1. The first-order chi connectivity index (χ1) is 9.51. The molecule has 0 saturated carbocycles. The smallest absolute Gasteiger partial charge is 0.257 e. The van der Waals surface area contributed by atoms with Crippen LogP contribution < -0.4 is 15.8 Å². The van der Waals surface area contributed by atoms with E-state index in [0.717, 1.165) is 0 Å². The number of hydrogen-bond acceptors (Lipinski definition) is 3. The Labute approximate surface area is 120 Å². The van der Waals surface area contributed by atoms with E-state index in [9.17, 15) is 9.18 Å². The van der Waals surface area contributed by atoms with Crippen LogP contribution in [0.5, 0.6) is 5.75 Å². The highest BCUT2D eigenvalue weighted by molar-refractivity contribution is 6.34. The number of rotatable bonds is 3. The normalized spacial score (nSPS) is 10.2. The zero-order valence-corrected chi connectivity index (χ0v) is 11.4. The quantitative estimate of drug-likeness (QED) is 0.854. The van der Waals surface area contributed by atoms with Crippen LogP contribution in [0, 0.1) is 5.82 Å². The van der Waals surface area contributed by atoms with Crippen LogP contribution in [0.15, 0.2) is 36.4 Å². The second kappa shape index (κ2) is 5.79. The van der Waals surface area contributed by atoms with Crippen molar-refractivity contribution in [3.63, 3.8) is 0 Å². The fourth-order valence-electron chi connectivity index (χ4n) is 1.63. The molecule has 1 amide bonds. The highest BCUT2D eigenvalue weighted by atomic mass is 35.5. The summed E-state index contributed by atoms with van der Waals surface area (Å²) in [7, 11) is 1.45. The molecular weight excluding hydrogens is 283 g/mol. The Morgan fingerprint density at radius 2 is 2.05 bits per heavy atom. The van der Waals surface area contributed by atoms with Gasteiger partial charge in [0.15, 0.2) is 0 Å². The number of nitrogen functional groups attached to an aromatic ring is 1. The molecule has 6 heteroatoms. The molecule has 0 radical (unpaired) electrons. The lowest BCUT2D eigenvalue weighted by molar-refractivity contribution is 0.102. The Kier molecular flexibility index (Phi) is 4.10. The van der Waals surface area contributed by atoms with E-state index in [1.54, 1.807) is 6.07 Å². The van der Waals surface area contributed by atoms with Gasteiger partial charge in [0.05, 0.1) is 23.4 Å². The fourth-order valence-corrected chi connectivity index (χ4v) is 1.84. The van der Waals surface area contributed by atoms with Gasteiger partial charge in [0.25, 0.3) is 5.91 Å². The summed E-state index contributed by atoms with van der Waals surface area (Å²) in [5, 5.41) is 2.67. The minimum Gasteiger partial charge on any atom is -0.497 e. The topological polar surface area (TPSA) is 64.3 Å². The van der Waals surface area contributed by atoms with E-state index in [-0.39, 0.29) is 16.3 Å². The van der Waals surface area contributed by atoms with Gasteiger partial charge in [-0.3, -0.25) is 4.79 Å².